The number of nitrogens with zero attached hydrogens (tertiary/aromatic N) is 4. The molecule has 1 atom stereocenters. The molecule has 1 aromatic rings. The first kappa shape index (κ1) is 13.0. The van der Waals surface area contributed by atoms with Gasteiger partial charge in [-0.2, -0.15) is 15.0 Å². The number of imide groups is 1. The number of ether oxygens (including phenoxy) is 1. The fourth-order valence-electron chi connectivity index (χ4n) is 1.73. The molecule has 0 aliphatic carbocycles. The van der Waals surface area contributed by atoms with Crippen LogP contribution in [0.3, 0.4) is 0 Å². The van der Waals surface area contributed by atoms with Crippen LogP contribution < -0.4 is 15.8 Å². The Labute approximate surface area is 109 Å². The number of anilines is 2. The van der Waals surface area contributed by atoms with Crippen LogP contribution in [0.25, 0.3) is 0 Å². The second kappa shape index (κ2) is 5.04. The lowest BCUT2D eigenvalue weighted by atomic mass is 10.1. The highest BCUT2D eigenvalue weighted by molar-refractivity contribution is 6.01. The molecule has 0 bridgehead atoms. The number of nitrogens with one attached hydrogen (secondary N) is 1. The van der Waals surface area contributed by atoms with E-state index in [-0.39, 0.29) is 36.1 Å². The standard InChI is InChI=1S/C10H14N6O3/c1-16-6(17)4-3-5(7(16)18)12-9-13-8(11)14-10(15-9)19-2/h5H,3-4H2,1-2H3,(H3,11,12,13,14,15). The molecule has 19 heavy (non-hydrogen) atoms. The maximum atomic E-state index is 11.9. The lowest BCUT2D eigenvalue weighted by Crippen LogP contribution is -2.48. The van der Waals surface area contributed by atoms with E-state index in [1.165, 1.54) is 14.2 Å². The van der Waals surface area contributed by atoms with Crippen molar-refractivity contribution in [2.45, 2.75) is 18.9 Å². The molecule has 2 heterocycles. The number of rotatable bonds is 3. The molecule has 1 aromatic heterocycles. The highest BCUT2D eigenvalue weighted by Gasteiger charge is 2.32. The Kier molecular flexibility index (Phi) is 3.45. The zero-order valence-electron chi connectivity index (χ0n) is 10.6. The summed E-state index contributed by atoms with van der Waals surface area (Å²) >= 11 is 0. The Morgan fingerprint density at radius 2 is 2.11 bits per heavy atom. The topological polar surface area (TPSA) is 123 Å². The van der Waals surface area contributed by atoms with Crippen LogP contribution >= 0.6 is 0 Å². The van der Waals surface area contributed by atoms with Crippen LogP contribution in [0.4, 0.5) is 11.9 Å². The largest absolute Gasteiger partial charge is 0.467 e. The van der Waals surface area contributed by atoms with Crippen LogP contribution in [0.15, 0.2) is 0 Å². The predicted molar refractivity (Wildman–Crippen MR) is 65.2 cm³/mol. The first-order valence-electron chi connectivity index (χ1n) is 5.63. The van der Waals surface area contributed by atoms with Crippen molar-refractivity contribution in [1.82, 2.24) is 19.9 Å². The van der Waals surface area contributed by atoms with E-state index < -0.39 is 6.04 Å². The average molecular weight is 266 g/mol. The van der Waals surface area contributed by atoms with Crippen molar-refractivity contribution in [3.8, 4) is 6.01 Å². The SMILES string of the molecule is COc1nc(N)nc(NC2CCC(=O)N(C)C2=O)n1. The minimum absolute atomic E-state index is 0.0120. The van der Waals surface area contributed by atoms with Gasteiger partial charge >= 0.3 is 6.01 Å². The van der Waals surface area contributed by atoms with E-state index in [1.54, 1.807) is 0 Å². The summed E-state index contributed by atoms with van der Waals surface area (Å²) < 4.78 is 4.86. The van der Waals surface area contributed by atoms with E-state index in [1.807, 2.05) is 0 Å². The highest BCUT2D eigenvalue weighted by Crippen LogP contribution is 2.16. The lowest BCUT2D eigenvalue weighted by molar-refractivity contribution is -0.146. The van der Waals surface area contributed by atoms with Crippen molar-refractivity contribution in [3.05, 3.63) is 0 Å². The summed E-state index contributed by atoms with van der Waals surface area (Å²) in [4.78, 5) is 35.9. The van der Waals surface area contributed by atoms with Gasteiger partial charge in [-0.05, 0) is 6.42 Å². The molecule has 0 spiro atoms. The number of nitrogens with two attached hydrogens (primary N) is 1. The quantitative estimate of drug-likeness (QED) is 0.669. The number of hydrogen-bond acceptors (Lipinski definition) is 8. The van der Waals surface area contributed by atoms with Gasteiger partial charge in [0.1, 0.15) is 6.04 Å². The van der Waals surface area contributed by atoms with Crippen LogP contribution in [0.5, 0.6) is 6.01 Å². The van der Waals surface area contributed by atoms with Gasteiger partial charge in [-0.25, -0.2) is 0 Å². The highest BCUT2D eigenvalue weighted by atomic mass is 16.5. The molecule has 0 radical (unpaired) electrons. The summed E-state index contributed by atoms with van der Waals surface area (Å²) in [6.45, 7) is 0. The van der Waals surface area contributed by atoms with E-state index in [0.717, 1.165) is 4.90 Å². The van der Waals surface area contributed by atoms with Gasteiger partial charge in [0.05, 0.1) is 7.11 Å². The van der Waals surface area contributed by atoms with Crippen molar-refractivity contribution in [2.75, 3.05) is 25.2 Å². The fraction of sp³-hybridized carbons (Fsp3) is 0.500. The molecular weight excluding hydrogens is 252 g/mol. The Balaban J connectivity index is 2.15. The molecule has 1 aliphatic heterocycles. The van der Waals surface area contributed by atoms with Crippen LogP contribution in [0.1, 0.15) is 12.8 Å². The van der Waals surface area contributed by atoms with Crippen molar-refractivity contribution in [3.63, 3.8) is 0 Å². The van der Waals surface area contributed by atoms with Gasteiger partial charge in [0.25, 0.3) is 5.91 Å². The smallest absolute Gasteiger partial charge is 0.322 e. The predicted octanol–water partition coefficient (Wildman–Crippen LogP) is -0.978. The molecule has 1 aliphatic rings. The molecule has 1 unspecified atom stereocenters. The fourth-order valence-corrected chi connectivity index (χ4v) is 1.73. The van der Waals surface area contributed by atoms with Gasteiger partial charge in [0.15, 0.2) is 0 Å². The molecule has 9 heteroatoms. The summed E-state index contributed by atoms with van der Waals surface area (Å²) in [5.41, 5.74) is 5.49. The Hall–Kier alpha value is -2.45. The third kappa shape index (κ3) is 2.69. The summed E-state index contributed by atoms with van der Waals surface area (Å²) in [5, 5.41) is 2.83. The maximum Gasteiger partial charge on any atom is 0.322 e. The number of aromatic nitrogens is 3. The summed E-state index contributed by atoms with van der Waals surface area (Å²) in [6, 6.07) is -0.503. The van der Waals surface area contributed by atoms with Crippen molar-refractivity contribution >= 4 is 23.7 Å². The lowest BCUT2D eigenvalue weighted by Gasteiger charge is -2.28. The van der Waals surface area contributed by atoms with Crippen LogP contribution in [0, 0.1) is 0 Å². The molecule has 0 saturated carbocycles. The van der Waals surface area contributed by atoms with E-state index in [0.29, 0.717) is 6.42 Å². The van der Waals surface area contributed by atoms with Gasteiger partial charge in [0, 0.05) is 13.5 Å². The van der Waals surface area contributed by atoms with Gasteiger partial charge in [-0.15, -0.1) is 0 Å². The number of hydrogen-bond donors (Lipinski definition) is 2. The van der Waals surface area contributed by atoms with Crippen molar-refractivity contribution in [1.29, 1.82) is 0 Å². The number of amides is 2. The van der Waals surface area contributed by atoms with E-state index in [9.17, 15) is 9.59 Å². The first-order valence-corrected chi connectivity index (χ1v) is 5.63. The number of piperidine rings is 1. The first-order chi connectivity index (χ1) is 9.01. The second-order valence-electron chi connectivity index (χ2n) is 4.03. The molecule has 9 nitrogen and oxygen atoms in total. The molecule has 102 valence electrons. The van der Waals surface area contributed by atoms with Gasteiger partial charge in [-0.3, -0.25) is 14.5 Å². The molecule has 2 rings (SSSR count). The normalized spacial score (nSPS) is 19.5. The van der Waals surface area contributed by atoms with Crippen molar-refractivity contribution < 1.29 is 14.3 Å². The summed E-state index contributed by atoms with van der Waals surface area (Å²) in [7, 11) is 2.84. The molecule has 1 fully saturated rings. The third-order valence-corrected chi connectivity index (χ3v) is 2.77. The molecule has 3 N–H and O–H groups in total. The average Bonchev–Trinajstić information content (AvgIpc) is 2.39. The minimum Gasteiger partial charge on any atom is -0.467 e. The third-order valence-electron chi connectivity index (χ3n) is 2.77. The second-order valence-corrected chi connectivity index (χ2v) is 4.03. The monoisotopic (exact) mass is 266 g/mol. The Bertz CT molecular complexity index is 520. The van der Waals surface area contributed by atoms with E-state index >= 15 is 0 Å². The van der Waals surface area contributed by atoms with Crippen molar-refractivity contribution in [2.24, 2.45) is 0 Å². The van der Waals surface area contributed by atoms with Gasteiger partial charge < -0.3 is 15.8 Å². The summed E-state index contributed by atoms with van der Waals surface area (Å²) in [6.07, 6.45) is 0.674. The maximum absolute atomic E-state index is 11.9. The number of nitrogen functional groups attached to an aromatic ring is 1. The van der Waals surface area contributed by atoms with Crippen LogP contribution in [-0.2, 0) is 9.59 Å². The van der Waals surface area contributed by atoms with E-state index in [2.05, 4.69) is 20.3 Å². The van der Waals surface area contributed by atoms with Gasteiger partial charge in [-0.1, -0.05) is 0 Å². The zero-order chi connectivity index (χ0) is 14.0. The molecule has 0 aromatic carbocycles. The van der Waals surface area contributed by atoms with E-state index in [4.69, 9.17) is 10.5 Å². The Morgan fingerprint density at radius 3 is 2.79 bits per heavy atom. The number of likely N-dealkylation sites (N-methyl/N-ethyl adjacent to an activating group) is 1. The number of methoxy groups -OCH3 is 1. The number of carbonyl (C=O) groups is 2. The number of likely N-dealkylation sites (tertiary alicyclic amines) is 1. The minimum atomic E-state index is -0.561. The Morgan fingerprint density at radius 1 is 1.37 bits per heavy atom. The molecule has 1 saturated heterocycles. The summed E-state index contributed by atoms with van der Waals surface area (Å²) in [5.74, 6) is -0.391. The van der Waals surface area contributed by atoms with Crippen LogP contribution in [0.2, 0.25) is 0 Å². The molecule has 2 amide bonds. The van der Waals surface area contributed by atoms with Gasteiger partial charge in [0.2, 0.25) is 17.8 Å². The zero-order valence-corrected chi connectivity index (χ0v) is 10.6. The van der Waals surface area contributed by atoms with Crippen LogP contribution in [-0.4, -0.2) is 51.9 Å². The number of carbonyl (C=O) groups excluding carboxylic acids is 2. The molecular formula is C10H14N6O3.